The zero-order valence-electron chi connectivity index (χ0n) is 13.4. The van der Waals surface area contributed by atoms with Crippen molar-refractivity contribution in [2.24, 2.45) is 0 Å². The van der Waals surface area contributed by atoms with Crippen LogP contribution in [0.3, 0.4) is 0 Å². The highest BCUT2D eigenvalue weighted by Crippen LogP contribution is 2.30. The summed E-state index contributed by atoms with van der Waals surface area (Å²) in [5.74, 6) is -0.431. The molecular formula is C15H20Cl2O5S. The molecule has 0 saturated heterocycles. The lowest BCUT2D eigenvalue weighted by Crippen LogP contribution is -2.24. The van der Waals surface area contributed by atoms with Gasteiger partial charge in [0.25, 0.3) is 10.1 Å². The Hall–Kier alpha value is -0.820. The van der Waals surface area contributed by atoms with E-state index in [4.69, 9.17) is 32.1 Å². The molecule has 0 aliphatic heterocycles. The van der Waals surface area contributed by atoms with Crippen LogP contribution in [0.5, 0.6) is 0 Å². The van der Waals surface area contributed by atoms with Gasteiger partial charge in [-0.15, -0.1) is 0 Å². The molecule has 0 N–H and O–H groups in total. The molecule has 0 bridgehead atoms. The van der Waals surface area contributed by atoms with E-state index < -0.39 is 27.8 Å². The van der Waals surface area contributed by atoms with Gasteiger partial charge in [-0.2, -0.15) is 8.42 Å². The van der Waals surface area contributed by atoms with Crippen LogP contribution in [0.15, 0.2) is 18.2 Å². The van der Waals surface area contributed by atoms with Crippen molar-refractivity contribution in [3.05, 3.63) is 33.8 Å². The van der Waals surface area contributed by atoms with E-state index in [9.17, 15) is 13.2 Å². The van der Waals surface area contributed by atoms with Crippen LogP contribution in [0.1, 0.15) is 45.3 Å². The van der Waals surface area contributed by atoms with E-state index in [1.54, 1.807) is 32.9 Å². The topological polar surface area (TPSA) is 69.7 Å². The number of rotatable bonds is 6. The average molecular weight is 383 g/mol. The highest BCUT2D eigenvalue weighted by molar-refractivity contribution is 7.86. The minimum atomic E-state index is -3.71. The molecule has 23 heavy (non-hydrogen) atoms. The second kappa shape index (κ2) is 7.83. The first kappa shape index (κ1) is 20.2. The molecule has 1 aromatic rings. The summed E-state index contributed by atoms with van der Waals surface area (Å²) < 4.78 is 33.2. The normalized spacial score (nSPS) is 13.7. The predicted octanol–water partition coefficient (Wildman–Crippen LogP) is 4.13. The molecule has 1 rings (SSSR count). The van der Waals surface area contributed by atoms with Crippen LogP contribution in [0.25, 0.3) is 0 Å². The Morgan fingerprint density at radius 1 is 1.22 bits per heavy atom. The fourth-order valence-corrected chi connectivity index (χ4v) is 2.77. The van der Waals surface area contributed by atoms with Gasteiger partial charge in [0.05, 0.1) is 16.3 Å². The molecular weight excluding hydrogens is 363 g/mol. The summed E-state index contributed by atoms with van der Waals surface area (Å²) in [4.78, 5) is 11.8. The van der Waals surface area contributed by atoms with Crippen LogP contribution >= 0.6 is 23.2 Å². The molecule has 0 aliphatic rings. The Morgan fingerprint density at radius 3 is 2.30 bits per heavy atom. The third-order valence-corrected chi connectivity index (χ3v) is 3.96. The van der Waals surface area contributed by atoms with Gasteiger partial charge in [0.15, 0.2) is 0 Å². The number of hydrogen-bond acceptors (Lipinski definition) is 5. The summed E-state index contributed by atoms with van der Waals surface area (Å²) >= 11 is 11.8. The first-order valence-corrected chi connectivity index (χ1v) is 9.50. The van der Waals surface area contributed by atoms with Gasteiger partial charge in [-0.1, -0.05) is 29.3 Å². The van der Waals surface area contributed by atoms with Crippen molar-refractivity contribution in [1.29, 1.82) is 0 Å². The van der Waals surface area contributed by atoms with Crippen molar-refractivity contribution in [1.82, 2.24) is 0 Å². The lowest BCUT2D eigenvalue weighted by atomic mass is 10.0. The van der Waals surface area contributed by atoms with Gasteiger partial charge in [-0.3, -0.25) is 8.98 Å². The van der Waals surface area contributed by atoms with Crippen molar-refractivity contribution in [2.45, 2.75) is 45.3 Å². The van der Waals surface area contributed by atoms with Gasteiger partial charge in [0.1, 0.15) is 11.7 Å². The third-order valence-electron chi connectivity index (χ3n) is 2.64. The smallest absolute Gasteiger partial charge is 0.306 e. The summed E-state index contributed by atoms with van der Waals surface area (Å²) in [6.07, 6.45) is 0.259. The average Bonchev–Trinajstić information content (AvgIpc) is 2.34. The van der Waals surface area contributed by atoms with Gasteiger partial charge in [-0.25, -0.2) is 0 Å². The number of esters is 1. The summed E-state index contributed by atoms with van der Waals surface area (Å²) in [5.41, 5.74) is -0.0817. The molecule has 0 radical (unpaired) electrons. The van der Waals surface area contributed by atoms with E-state index in [0.717, 1.165) is 6.26 Å². The standard InChI is InChI=1S/C15H20Cl2O5S/c1-15(2,3)21-14(18)8-7-13(22-23(4,19)20)10-5-6-11(16)12(17)9-10/h5-6,9,13H,7-8H2,1-4H3/t13-/m1/s1. The zero-order valence-corrected chi connectivity index (χ0v) is 15.8. The molecule has 1 aromatic carbocycles. The van der Waals surface area contributed by atoms with E-state index >= 15 is 0 Å². The number of carbonyl (C=O) groups is 1. The van der Waals surface area contributed by atoms with Crippen LogP contribution in [0.2, 0.25) is 10.0 Å². The molecule has 1 atom stereocenters. The maximum Gasteiger partial charge on any atom is 0.306 e. The SMILES string of the molecule is CC(C)(C)OC(=O)CC[C@@H](OS(C)(=O)=O)c1ccc(Cl)c(Cl)c1. The van der Waals surface area contributed by atoms with Crippen molar-refractivity contribution >= 4 is 39.3 Å². The van der Waals surface area contributed by atoms with Gasteiger partial charge in [-0.05, 0) is 44.9 Å². The molecule has 130 valence electrons. The number of halogens is 2. The van der Waals surface area contributed by atoms with Crippen LogP contribution in [-0.4, -0.2) is 26.2 Å². The summed E-state index contributed by atoms with van der Waals surface area (Å²) in [5, 5.41) is 0.629. The van der Waals surface area contributed by atoms with Gasteiger partial charge in [0.2, 0.25) is 0 Å². The third kappa shape index (κ3) is 8.01. The molecule has 5 nitrogen and oxygen atoms in total. The van der Waals surface area contributed by atoms with Crippen molar-refractivity contribution < 1.29 is 22.1 Å². The molecule has 0 amide bonds. The minimum Gasteiger partial charge on any atom is -0.460 e. The predicted molar refractivity (Wildman–Crippen MR) is 90.2 cm³/mol. The van der Waals surface area contributed by atoms with Crippen molar-refractivity contribution in [3.8, 4) is 0 Å². The van der Waals surface area contributed by atoms with Crippen LogP contribution in [0.4, 0.5) is 0 Å². The first-order valence-electron chi connectivity index (χ1n) is 6.92. The Bertz CT molecular complexity index is 665. The molecule has 0 aromatic heterocycles. The molecule has 0 spiro atoms. The van der Waals surface area contributed by atoms with Gasteiger partial charge in [0, 0.05) is 6.42 Å². The zero-order chi connectivity index (χ0) is 17.8. The van der Waals surface area contributed by atoms with E-state index in [1.165, 1.54) is 6.07 Å². The quantitative estimate of drug-likeness (QED) is 0.546. The van der Waals surface area contributed by atoms with E-state index in [-0.39, 0.29) is 17.9 Å². The molecule has 0 fully saturated rings. The Balaban J connectivity index is 2.89. The van der Waals surface area contributed by atoms with Crippen LogP contribution in [0, 0.1) is 0 Å². The Kier molecular flexibility index (Phi) is 6.89. The summed E-state index contributed by atoms with van der Waals surface area (Å²) in [6.45, 7) is 5.27. The second-order valence-electron chi connectivity index (χ2n) is 6.09. The maximum atomic E-state index is 11.8. The van der Waals surface area contributed by atoms with E-state index in [2.05, 4.69) is 0 Å². The molecule has 0 saturated carbocycles. The van der Waals surface area contributed by atoms with Crippen LogP contribution in [-0.2, 0) is 23.8 Å². The van der Waals surface area contributed by atoms with Gasteiger partial charge >= 0.3 is 5.97 Å². The minimum absolute atomic E-state index is 0.0116. The number of hydrogen-bond donors (Lipinski definition) is 0. The Morgan fingerprint density at radius 2 is 1.83 bits per heavy atom. The Labute approximate surface area is 147 Å². The molecule has 0 aliphatic carbocycles. The van der Waals surface area contributed by atoms with Gasteiger partial charge < -0.3 is 4.74 Å². The first-order chi connectivity index (χ1) is 10.4. The fourth-order valence-electron chi connectivity index (χ4n) is 1.84. The highest BCUT2D eigenvalue weighted by atomic mass is 35.5. The number of ether oxygens (including phenoxy) is 1. The van der Waals surface area contributed by atoms with Crippen molar-refractivity contribution in [2.75, 3.05) is 6.26 Å². The van der Waals surface area contributed by atoms with E-state index in [1.807, 2.05) is 0 Å². The molecule has 0 unspecified atom stereocenters. The number of carbonyl (C=O) groups excluding carboxylic acids is 1. The lowest BCUT2D eigenvalue weighted by Gasteiger charge is -2.21. The fraction of sp³-hybridized carbons (Fsp3) is 0.533. The summed E-state index contributed by atoms with van der Waals surface area (Å²) in [6, 6.07) is 4.68. The molecule has 8 heteroatoms. The van der Waals surface area contributed by atoms with Crippen molar-refractivity contribution in [3.63, 3.8) is 0 Å². The second-order valence-corrected chi connectivity index (χ2v) is 8.50. The van der Waals surface area contributed by atoms with Crippen LogP contribution < -0.4 is 0 Å². The number of benzene rings is 1. The largest absolute Gasteiger partial charge is 0.460 e. The lowest BCUT2D eigenvalue weighted by molar-refractivity contribution is -0.155. The molecule has 0 heterocycles. The maximum absolute atomic E-state index is 11.8. The highest BCUT2D eigenvalue weighted by Gasteiger charge is 2.22. The monoisotopic (exact) mass is 382 g/mol. The summed E-state index contributed by atoms with van der Waals surface area (Å²) in [7, 11) is -3.71. The van der Waals surface area contributed by atoms with E-state index in [0.29, 0.717) is 10.6 Å².